The summed E-state index contributed by atoms with van der Waals surface area (Å²) in [6.45, 7) is 0.702. The zero-order valence-corrected chi connectivity index (χ0v) is 16.1. The molecule has 27 heavy (non-hydrogen) atoms. The molecule has 0 spiro atoms. The number of morpholine rings is 1. The molecule has 144 valence electrons. The number of benzene rings is 2. The van der Waals surface area contributed by atoms with Gasteiger partial charge in [-0.3, -0.25) is 0 Å². The van der Waals surface area contributed by atoms with E-state index in [0.717, 1.165) is 11.1 Å². The van der Waals surface area contributed by atoms with Crippen LogP contribution >= 0.6 is 0 Å². The Kier molecular flexibility index (Phi) is 4.81. The molecule has 2 aliphatic rings. The summed E-state index contributed by atoms with van der Waals surface area (Å²) in [5, 5.41) is 0. The lowest BCUT2D eigenvalue weighted by Gasteiger charge is -2.38. The summed E-state index contributed by atoms with van der Waals surface area (Å²) >= 11 is 0. The topological polar surface area (TPSA) is 68.3 Å². The van der Waals surface area contributed by atoms with Crippen LogP contribution in [0.2, 0.25) is 0 Å². The van der Waals surface area contributed by atoms with Gasteiger partial charge in [0.15, 0.2) is 11.5 Å². The van der Waals surface area contributed by atoms with Crippen molar-refractivity contribution in [2.45, 2.75) is 12.2 Å². The van der Waals surface area contributed by atoms with Gasteiger partial charge in [0.25, 0.3) is 10.2 Å². The van der Waals surface area contributed by atoms with Gasteiger partial charge < -0.3 is 14.2 Å². The lowest BCUT2D eigenvalue weighted by Crippen LogP contribution is -2.48. The fourth-order valence-corrected chi connectivity index (χ4v) is 4.41. The third-order valence-corrected chi connectivity index (χ3v) is 6.67. The Morgan fingerprint density at radius 1 is 0.926 bits per heavy atom. The number of hydrogen-bond acceptors (Lipinski definition) is 5. The van der Waals surface area contributed by atoms with Gasteiger partial charge in [0.1, 0.15) is 0 Å². The summed E-state index contributed by atoms with van der Waals surface area (Å²) in [4.78, 5) is 0. The number of fused-ring (bicyclic) bond motifs is 1. The van der Waals surface area contributed by atoms with Gasteiger partial charge in [0.2, 0.25) is 6.79 Å². The Labute approximate surface area is 159 Å². The Hall–Kier alpha value is -2.13. The van der Waals surface area contributed by atoms with E-state index < -0.39 is 16.3 Å². The Morgan fingerprint density at radius 3 is 2.30 bits per heavy atom. The molecule has 8 heteroatoms. The summed E-state index contributed by atoms with van der Waals surface area (Å²) in [6.07, 6.45) is -0.765. The van der Waals surface area contributed by atoms with Gasteiger partial charge in [0.05, 0.1) is 12.2 Å². The highest BCUT2D eigenvalue weighted by Gasteiger charge is 2.37. The fourth-order valence-electron chi connectivity index (χ4n) is 3.30. The molecule has 0 aromatic heterocycles. The minimum absolute atomic E-state index is 0.193. The molecule has 2 heterocycles. The van der Waals surface area contributed by atoms with Crippen molar-refractivity contribution < 1.29 is 22.6 Å². The van der Waals surface area contributed by atoms with E-state index in [1.165, 1.54) is 22.7 Å². The average molecular weight is 390 g/mol. The highest BCUT2D eigenvalue weighted by atomic mass is 32.2. The van der Waals surface area contributed by atoms with Crippen molar-refractivity contribution in [1.29, 1.82) is 0 Å². The first kappa shape index (κ1) is 18.2. The lowest BCUT2D eigenvalue weighted by atomic mass is 10.0. The number of ether oxygens (including phenoxy) is 3. The molecule has 2 aromatic carbocycles. The van der Waals surface area contributed by atoms with Crippen LogP contribution in [-0.2, 0) is 14.9 Å². The SMILES string of the molecule is CN(C)S(=O)(=O)N1C[C@@H](c2ccccc2)O[C@@H](c2ccc3c(c2)OCO3)C1. The van der Waals surface area contributed by atoms with Crippen LogP contribution in [0.15, 0.2) is 48.5 Å². The maximum Gasteiger partial charge on any atom is 0.281 e. The van der Waals surface area contributed by atoms with E-state index >= 15 is 0 Å². The molecule has 2 aliphatic heterocycles. The van der Waals surface area contributed by atoms with Crippen LogP contribution < -0.4 is 9.47 Å². The van der Waals surface area contributed by atoms with Gasteiger partial charge in [-0.05, 0) is 23.3 Å². The third kappa shape index (κ3) is 3.53. The Bertz CT molecular complexity index is 917. The van der Waals surface area contributed by atoms with E-state index in [-0.39, 0.29) is 26.0 Å². The molecule has 7 nitrogen and oxygen atoms in total. The molecule has 0 unspecified atom stereocenters. The molecule has 4 rings (SSSR count). The molecule has 2 aromatic rings. The van der Waals surface area contributed by atoms with Crippen LogP contribution in [0.5, 0.6) is 11.5 Å². The third-order valence-electron chi connectivity index (χ3n) is 4.79. The molecule has 0 saturated carbocycles. The minimum atomic E-state index is -3.56. The second kappa shape index (κ2) is 7.12. The van der Waals surface area contributed by atoms with Gasteiger partial charge in [-0.25, -0.2) is 0 Å². The normalized spacial score (nSPS) is 22.9. The predicted molar refractivity (Wildman–Crippen MR) is 99.8 cm³/mol. The molecule has 1 fully saturated rings. The molecule has 2 atom stereocenters. The van der Waals surface area contributed by atoms with Crippen molar-refractivity contribution in [3.05, 3.63) is 59.7 Å². The minimum Gasteiger partial charge on any atom is -0.454 e. The molecule has 0 amide bonds. The van der Waals surface area contributed by atoms with Crippen LogP contribution in [0.25, 0.3) is 0 Å². The highest BCUT2D eigenvalue weighted by molar-refractivity contribution is 7.86. The average Bonchev–Trinajstić information content (AvgIpc) is 3.16. The molecular formula is C19H22N2O5S. The Balaban J connectivity index is 1.68. The number of rotatable bonds is 4. The summed E-state index contributed by atoms with van der Waals surface area (Å²) < 4.78 is 45.4. The summed E-state index contributed by atoms with van der Waals surface area (Å²) in [5.41, 5.74) is 1.81. The van der Waals surface area contributed by atoms with Crippen LogP contribution in [0.3, 0.4) is 0 Å². The van der Waals surface area contributed by atoms with Crippen molar-refractivity contribution in [1.82, 2.24) is 8.61 Å². The number of nitrogens with zero attached hydrogens (tertiary/aromatic N) is 2. The lowest BCUT2D eigenvalue weighted by molar-refractivity contribution is -0.0681. The van der Waals surface area contributed by atoms with Crippen LogP contribution in [0.4, 0.5) is 0 Å². The van der Waals surface area contributed by atoms with Gasteiger partial charge in [-0.15, -0.1) is 0 Å². The molecule has 0 bridgehead atoms. The fraction of sp³-hybridized carbons (Fsp3) is 0.368. The van der Waals surface area contributed by atoms with Gasteiger partial charge in [0, 0.05) is 27.2 Å². The van der Waals surface area contributed by atoms with E-state index in [2.05, 4.69) is 0 Å². The Morgan fingerprint density at radius 2 is 1.59 bits per heavy atom. The standard InChI is InChI=1S/C19H22N2O5S/c1-20(2)27(22,23)21-11-18(14-6-4-3-5-7-14)26-19(12-21)15-8-9-16-17(10-15)25-13-24-16/h3-10,18-19H,11-13H2,1-2H3/t18-,19+/m0/s1. The van der Waals surface area contributed by atoms with Crippen molar-refractivity contribution in [3.63, 3.8) is 0 Å². The zero-order chi connectivity index (χ0) is 19.0. The first-order valence-electron chi connectivity index (χ1n) is 8.72. The zero-order valence-electron chi connectivity index (χ0n) is 15.2. The summed E-state index contributed by atoms with van der Waals surface area (Å²) in [7, 11) is -0.483. The van der Waals surface area contributed by atoms with E-state index in [9.17, 15) is 8.42 Å². The van der Waals surface area contributed by atoms with Crippen molar-refractivity contribution >= 4 is 10.2 Å². The largest absolute Gasteiger partial charge is 0.454 e. The molecule has 0 radical (unpaired) electrons. The van der Waals surface area contributed by atoms with Crippen LogP contribution in [0, 0.1) is 0 Å². The molecular weight excluding hydrogens is 368 g/mol. The monoisotopic (exact) mass is 390 g/mol. The molecule has 0 N–H and O–H groups in total. The summed E-state index contributed by atoms with van der Waals surface area (Å²) in [5.74, 6) is 1.34. The van der Waals surface area contributed by atoms with Gasteiger partial charge >= 0.3 is 0 Å². The van der Waals surface area contributed by atoms with Crippen LogP contribution in [0.1, 0.15) is 23.3 Å². The number of hydrogen-bond donors (Lipinski definition) is 0. The molecule has 0 aliphatic carbocycles. The first-order valence-corrected chi connectivity index (χ1v) is 10.1. The first-order chi connectivity index (χ1) is 12.9. The maximum atomic E-state index is 12.8. The quantitative estimate of drug-likeness (QED) is 0.802. The van der Waals surface area contributed by atoms with E-state index in [4.69, 9.17) is 14.2 Å². The van der Waals surface area contributed by atoms with E-state index in [0.29, 0.717) is 11.5 Å². The van der Waals surface area contributed by atoms with E-state index in [1.54, 1.807) is 0 Å². The van der Waals surface area contributed by atoms with Crippen molar-refractivity contribution in [2.75, 3.05) is 34.0 Å². The highest BCUT2D eigenvalue weighted by Crippen LogP contribution is 2.39. The predicted octanol–water partition coefficient (Wildman–Crippen LogP) is 2.34. The maximum absolute atomic E-state index is 12.8. The second-order valence-corrected chi connectivity index (χ2v) is 8.89. The van der Waals surface area contributed by atoms with Gasteiger partial charge in [-0.1, -0.05) is 36.4 Å². The molecule has 1 saturated heterocycles. The van der Waals surface area contributed by atoms with Crippen molar-refractivity contribution in [3.8, 4) is 11.5 Å². The van der Waals surface area contributed by atoms with Crippen molar-refractivity contribution in [2.24, 2.45) is 0 Å². The van der Waals surface area contributed by atoms with Gasteiger partial charge in [-0.2, -0.15) is 17.0 Å². The van der Waals surface area contributed by atoms with Crippen LogP contribution in [-0.4, -0.2) is 51.0 Å². The smallest absolute Gasteiger partial charge is 0.281 e. The van der Waals surface area contributed by atoms with E-state index in [1.807, 2.05) is 48.5 Å². The summed E-state index contributed by atoms with van der Waals surface area (Å²) in [6, 6.07) is 15.3. The second-order valence-electron chi connectivity index (χ2n) is 6.74.